The van der Waals surface area contributed by atoms with Gasteiger partial charge in [-0.2, -0.15) is 5.26 Å². The lowest BCUT2D eigenvalue weighted by Gasteiger charge is -2.24. The van der Waals surface area contributed by atoms with Gasteiger partial charge in [0.05, 0.1) is 30.7 Å². The number of rotatable bonds is 4. The number of halogens is 1. The van der Waals surface area contributed by atoms with E-state index in [9.17, 15) is 14.4 Å². The quantitative estimate of drug-likeness (QED) is 0.639. The molecule has 8 nitrogen and oxygen atoms in total. The van der Waals surface area contributed by atoms with Gasteiger partial charge < -0.3 is 15.2 Å². The molecule has 3 heterocycles. The van der Waals surface area contributed by atoms with E-state index in [1.165, 1.54) is 19.2 Å². The highest BCUT2D eigenvalue weighted by molar-refractivity contribution is 5.73. The Labute approximate surface area is 170 Å². The fourth-order valence-electron chi connectivity index (χ4n) is 3.41. The van der Waals surface area contributed by atoms with Gasteiger partial charge in [0.25, 0.3) is 0 Å². The second kappa shape index (κ2) is 7.67. The number of hydrogen-bond acceptors (Lipinski definition) is 7. The van der Waals surface area contributed by atoms with Crippen LogP contribution in [0.15, 0.2) is 54.2 Å². The molecule has 3 N–H and O–H groups in total. The second-order valence-corrected chi connectivity index (χ2v) is 6.61. The highest BCUT2D eigenvalue weighted by atomic mass is 19.1. The van der Waals surface area contributed by atoms with Gasteiger partial charge in [-0.3, -0.25) is 14.9 Å². The maximum Gasteiger partial charge on any atom is 0.311 e. The normalized spacial score (nSPS) is 15.2. The number of fused-ring (bicyclic) bond motifs is 1. The van der Waals surface area contributed by atoms with Gasteiger partial charge in [-0.25, -0.2) is 4.39 Å². The first-order valence-electron chi connectivity index (χ1n) is 8.94. The maximum atomic E-state index is 13.3. The summed E-state index contributed by atoms with van der Waals surface area (Å²) < 4.78 is 23.5. The van der Waals surface area contributed by atoms with Gasteiger partial charge in [-0.05, 0) is 29.3 Å². The Hall–Kier alpha value is -4.19. The average molecular weight is 405 g/mol. The van der Waals surface area contributed by atoms with Crippen molar-refractivity contribution in [3.63, 3.8) is 0 Å². The summed E-state index contributed by atoms with van der Waals surface area (Å²) in [6, 6.07) is 9.92. The molecule has 1 aliphatic rings. The molecule has 1 aliphatic heterocycles. The van der Waals surface area contributed by atoms with Crippen LogP contribution >= 0.6 is 0 Å². The third kappa shape index (κ3) is 3.35. The number of aromatic nitrogens is 3. The predicted molar refractivity (Wildman–Crippen MR) is 103 cm³/mol. The summed E-state index contributed by atoms with van der Waals surface area (Å²) in [5.74, 6) is -1.35. The minimum Gasteiger partial charge on any atom is -0.469 e. The van der Waals surface area contributed by atoms with Crippen LogP contribution in [0.25, 0.3) is 11.1 Å². The molecule has 1 atom stereocenters. The fraction of sp³-hybridized carbons (Fsp3) is 0.143. The van der Waals surface area contributed by atoms with Crippen molar-refractivity contribution in [1.29, 1.82) is 5.26 Å². The number of methoxy groups -OCH3 is 1. The van der Waals surface area contributed by atoms with Gasteiger partial charge in [0.2, 0.25) is 11.8 Å². The monoisotopic (exact) mass is 405 g/mol. The number of esters is 1. The Morgan fingerprint density at radius 2 is 2.10 bits per heavy atom. The zero-order chi connectivity index (χ0) is 21.3. The smallest absolute Gasteiger partial charge is 0.311 e. The van der Waals surface area contributed by atoms with Crippen LogP contribution in [0, 0.1) is 17.1 Å². The van der Waals surface area contributed by atoms with Gasteiger partial charge >= 0.3 is 5.97 Å². The molecular formula is C21H16FN5O3. The number of carbonyl (C=O) groups excluding carboxylic acids is 1. The number of H-pyrrole nitrogens is 1. The van der Waals surface area contributed by atoms with Crippen molar-refractivity contribution in [2.75, 3.05) is 7.11 Å². The molecule has 0 unspecified atom stereocenters. The van der Waals surface area contributed by atoms with Crippen molar-refractivity contribution >= 4 is 5.97 Å². The number of benzene rings is 1. The van der Waals surface area contributed by atoms with Crippen LogP contribution < -0.4 is 10.5 Å². The summed E-state index contributed by atoms with van der Waals surface area (Å²) in [5, 5.41) is 16.6. The summed E-state index contributed by atoms with van der Waals surface area (Å²) in [7, 11) is 1.29. The standard InChI is InChI=1S/C21H16FN5O3/c1-29-17(28)7-16-19-18(15(8-23)20(24)30-21(19)27-26-16)13-6-12(9-25-10-13)11-2-4-14(22)5-3-11/h2-6,9-10,18H,7,24H2,1H3,(H,26,27)/t18-/m0/s1. The Morgan fingerprint density at radius 1 is 1.33 bits per heavy atom. The van der Waals surface area contributed by atoms with Crippen molar-refractivity contribution < 1.29 is 18.7 Å². The fourth-order valence-corrected chi connectivity index (χ4v) is 3.41. The molecule has 30 heavy (non-hydrogen) atoms. The number of nitrogens with zero attached hydrogens (tertiary/aromatic N) is 3. The third-order valence-electron chi connectivity index (χ3n) is 4.84. The number of pyridine rings is 1. The van der Waals surface area contributed by atoms with Crippen LogP contribution in [-0.4, -0.2) is 28.3 Å². The lowest BCUT2D eigenvalue weighted by molar-refractivity contribution is -0.139. The van der Waals surface area contributed by atoms with Gasteiger partial charge in [-0.15, -0.1) is 5.10 Å². The van der Waals surface area contributed by atoms with Crippen LogP contribution in [0.2, 0.25) is 0 Å². The lowest BCUT2D eigenvalue weighted by Crippen LogP contribution is -2.22. The zero-order valence-electron chi connectivity index (χ0n) is 15.8. The second-order valence-electron chi connectivity index (χ2n) is 6.61. The van der Waals surface area contributed by atoms with E-state index < -0.39 is 11.9 Å². The number of nitriles is 1. The van der Waals surface area contributed by atoms with E-state index in [1.54, 1.807) is 24.5 Å². The van der Waals surface area contributed by atoms with Crippen molar-refractivity contribution in [2.24, 2.45) is 5.73 Å². The van der Waals surface area contributed by atoms with Gasteiger partial charge in [-0.1, -0.05) is 12.1 Å². The Balaban J connectivity index is 1.84. The van der Waals surface area contributed by atoms with Gasteiger partial charge in [0.1, 0.15) is 17.5 Å². The largest absolute Gasteiger partial charge is 0.469 e. The molecule has 0 bridgehead atoms. The Morgan fingerprint density at radius 3 is 2.80 bits per heavy atom. The summed E-state index contributed by atoms with van der Waals surface area (Å²) >= 11 is 0. The van der Waals surface area contributed by atoms with Crippen LogP contribution in [0.1, 0.15) is 22.7 Å². The van der Waals surface area contributed by atoms with Crippen LogP contribution in [-0.2, 0) is 16.0 Å². The molecule has 150 valence electrons. The van der Waals surface area contributed by atoms with Gasteiger partial charge in [0, 0.05) is 18.0 Å². The molecule has 1 aromatic carbocycles. The lowest BCUT2D eigenvalue weighted by atomic mass is 9.83. The number of hydrogen-bond donors (Lipinski definition) is 2. The van der Waals surface area contributed by atoms with Crippen molar-refractivity contribution in [1.82, 2.24) is 15.2 Å². The summed E-state index contributed by atoms with van der Waals surface area (Å²) in [4.78, 5) is 16.1. The Bertz CT molecular complexity index is 1190. The Kier molecular flexibility index (Phi) is 4.90. The number of nitrogens with one attached hydrogen (secondary N) is 1. The van der Waals surface area contributed by atoms with Crippen LogP contribution in [0.4, 0.5) is 4.39 Å². The molecule has 0 saturated heterocycles. The zero-order valence-corrected chi connectivity index (χ0v) is 15.8. The molecule has 0 fully saturated rings. The maximum absolute atomic E-state index is 13.3. The van der Waals surface area contributed by atoms with Crippen LogP contribution in [0.5, 0.6) is 5.88 Å². The molecule has 0 spiro atoms. The van der Waals surface area contributed by atoms with Crippen molar-refractivity contribution in [2.45, 2.75) is 12.3 Å². The molecule has 0 aliphatic carbocycles. The number of nitrogens with two attached hydrogens (primary N) is 1. The first-order valence-corrected chi connectivity index (χ1v) is 8.94. The molecule has 0 amide bonds. The molecule has 0 saturated carbocycles. The molecule has 4 rings (SSSR count). The van der Waals surface area contributed by atoms with E-state index in [0.29, 0.717) is 16.8 Å². The highest BCUT2D eigenvalue weighted by Gasteiger charge is 2.36. The summed E-state index contributed by atoms with van der Waals surface area (Å²) in [6.45, 7) is 0. The number of carbonyl (C=O) groups is 1. The van der Waals surface area contributed by atoms with E-state index >= 15 is 0 Å². The molecule has 2 aromatic heterocycles. The number of allylic oxidation sites excluding steroid dienone is 1. The highest BCUT2D eigenvalue weighted by Crippen LogP contribution is 2.43. The van der Waals surface area contributed by atoms with E-state index in [4.69, 9.17) is 15.2 Å². The summed E-state index contributed by atoms with van der Waals surface area (Å²) in [5.41, 5.74) is 9.24. The average Bonchev–Trinajstić information content (AvgIpc) is 3.15. The predicted octanol–water partition coefficient (Wildman–Crippen LogP) is 2.54. The minimum absolute atomic E-state index is 0.0710. The SMILES string of the molecule is COC(=O)Cc1[nH]nc2c1[C@@H](c1cncc(-c3ccc(F)cc3)c1)C(C#N)=C(N)O2. The molecule has 0 radical (unpaired) electrons. The minimum atomic E-state index is -0.648. The van der Waals surface area contributed by atoms with Crippen molar-refractivity contribution in [3.8, 4) is 23.1 Å². The van der Waals surface area contributed by atoms with E-state index in [2.05, 4.69) is 21.3 Å². The third-order valence-corrected chi connectivity index (χ3v) is 4.84. The number of ether oxygens (including phenoxy) is 2. The number of aromatic amines is 1. The first kappa shape index (κ1) is 19.1. The van der Waals surface area contributed by atoms with E-state index in [0.717, 1.165) is 11.1 Å². The van der Waals surface area contributed by atoms with E-state index in [1.807, 2.05) is 6.07 Å². The van der Waals surface area contributed by atoms with E-state index in [-0.39, 0.29) is 29.6 Å². The molecule has 9 heteroatoms. The first-order chi connectivity index (χ1) is 14.5. The summed E-state index contributed by atoms with van der Waals surface area (Å²) in [6.07, 6.45) is 3.16. The van der Waals surface area contributed by atoms with Crippen molar-refractivity contribution in [3.05, 3.63) is 76.8 Å². The topological polar surface area (TPSA) is 127 Å². The van der Waals surface area contributed by atoms with Gasteiger partial charge in [0.15, 0.2) is 0 Å². The van der Waals surface area contributed by atoms with Crippen LogP contribution in [0.3, 0.4) is 0 Å². The molecule has 3 aromatic rings. The molecular weight excluding hydrogens is 389 g/mol.